The molecule has 23 heavy (non-hydrogen) atoms. The van der Waals surface area contributed by atoms with Crippen molar-refractivity contribution in [2.24, 2.45) is 5.92 Å². The monoisotopic (exact) mass is 317 g/mol. The summed E-state index contributed by atoms with van der Waals surface area (Å²) < 4.78 is 0. The van der Waals surface area contributed by atoms with Gasteiger partial charge in [-0.2, -0.15) is 0 Å². The van der Waals surface area contributed by atoms with Gasteiger partial charge in [-0.15, -0.1) is 11.8 Å². The number of thioether (sulfide) groups is 1. The van der Waals surface area contributed by atoms with E-state index in [1.807, 2.05) is 11.8 Å². The van der Waals surface area contributed by atoms with Crippen LogP contribution >= 0.6 is 11.8 Å². The minimum Gasteiger partial charge on any atom is -0.311 e. The Bertz CT molecular complexity index is 788. The number of anilines is 2. The molecule has 2 heteroatoms. The Kier molecular flexibility index (Phi) is 3.84. The van der Waals surface area contributed by atoms with E-state index in [2.05, 4.69) is 96.1 Å². The third kappa shape index (κ3) is 2.87. The van der Waals surface area contributed by atoms with Gasteiger partial charge in [-0.3, -0.25) is 0 Å². The van der Waals surface area contributed by atoms with E-state index in [4.69, 9.17) is 0 Å². The first-order valence-corrected chi connectivity index (χ1v) is 8.89. The zero-order valence-corrected chi connectivity index (χ0v) is 13.9. The van der Waals surface area contributed by atoms with Crippen LogP contribution in [0.5, 0.6) is 0 Å². The van der Waals surface area contributed by atoms with Crippen LogP contribution in [-0.4, -0.2) is 5.25 Å². The van der Waals surface area contributed by atoms with Gasteiger partial charge < -0.3 is 4.90 Å². The van der Waals surface area contributed by atoms with Crippen LogP contribution < -0.4 is 4.90 Å². The summed E-state index contributed by atoms with van der Waals surface area (Å²) in [5.41, 5.74) is 4.93. The molecule has 2 atom stereocenters. The number of benzene rings is 2. The summed E-state index contributed by atoms with van der Waals surface area (Å²) in [6.45, 7) is 2.14. The smallest absolute Gasteiger partial charge is 0.0464 e. The van der Waals surface area contributed by atoms with E-state index in [0.717, 1.165) is 0 Å². The topological polar surface area (TPSA) is 3.24 Å². The first-order chi connectivity index (χ1) is 11.3. The maximum Gasteiger partial charge on any atom is 0.0464 e. The highest BCUT2D eigenvalue weighted by atomic mass is 32.2. The summed E-state index contributed by atoms with van der Waals surface area (Å²) in [6, 6.07) is 19.3. The Labute approximate surface area is 142 Å². The van der Waals surface area contributed by atoms with Crippen LogP contribution in [0, 0.1) is 12.8 Å². The average molecular weight is 317 g/mol. The number of aryl methyl sites for hydroxylation is 1. The predicted molar refractivity (Wildman–Crippen MR) is 101 cm³/mol. The largest absolute Gasteiger partial charge is 0.311 e. The lowest BCUT2D eigenvalue weighted by Gasteiger charge is -2.30. The summed E-state index contributed by atoms with van der Waals surface area (Å²) >= 11 is 1.90. The van der Waals surface area contributed by atoms with Crippen LogP contribution in [0.4, 0.5) is 11.4 Å². The molecule has 1 aliphatic carbocycles. The second kappa shape index (κ2) is 6.13. The summed E-state index contributed by atoms with van der Waals surface area (Å²) in [7, 11) is 0. The molecule has 0 fully saturated rings. The average Bonchev–Trinajstić information content (AvgIpc) is 3.04. The molecule has 2 unspecified atom stereocenters. The number of rotatable bonds is 3. The zero-order valence-electron chi connectivity index (χ0n) is 13.1. The Morgan fingerprint density at radius 1 is 0.913 bits per heavy atom. The Morgan fingerprint density at radius 2 is 1.74 bits per heavy atom. The van der Waals surface area contributed by atoms with Gasteiger partial charge in [0.2, 0.25) is 0 Å². The fourth-order valence-corrected chi connectivity index (χ4v) is 4.11. The highest BCUT2D eigenvalue weighted by Gasteiger charge is 2.25. The second-order valence-corrected chi connectivity index (χ2v) is 7.06. The highest BCUT2D eigenvalue weighted by Crippen LogP contribution is 2.39. The molecular weight excluding hydrogens is 298 g/mol. The highest BCUT2D eigenvalue weighted by molar-refractivity contribution is 8.03. The molecule has 0 aromatic heterocycles. The van der Waals surface area contributed by atoms with E-state index >= 15 is 0 Å². The summed E-state index contributed by atoms with van der Waals surface area (Å²) in [4.78, 5) is 2.34. The minimum atomic E-state index is 0.496. The quantitative estimate of drug-likeness (QED) is 0.700. The van der Waals surface area contributed by atoms with Gasteiger partial charge in [-0.05, 0) is 48.2 Å². The zero-order chi connectivity index (χ0) is 15.6. The standard InChI is InChI=1S/C21H19NS/c1-16-6-5-9-19(14-16)22(18-7-3-2-4-8-18)20-10-11-21-17(15-20)12-13-23-21/h2-15,17,21H,1H3. The van der Waals surface area contributed by atoms with Gasteiger partial charge in [0.25, 0.3) is 0 Å². The van der Waals surface area contributed by atoms with Gasteiger partial charge in [-0.1, -0.05) is 48.6 Å². The van der Waals surface area contributed by atoms with E-state index in [0.29, 0.717) is 11.2 Å². The Morgan fingerprint density at radius 3 is 2.57 bits per heavy atom. The molecule has 0 bridgehead atoms. The van der Waals surface area contributed by atoms with E-state index < -0.39 is 0 Å². The molecule has 2 aliphatic rings. The lowest BCUT2D eigenvalue weighted by Crippen LogP contribution is -2.20. The summed E-state index contributed by atoms with van der Waals surface area (Å²) in [6.07, 6.45) is 9.28. The van der Waals surface area contributed by atoms with Crippen LogP contribution in [0.15, 0.2) is 90.0 Å². The maximum absolute atomic E-state index is 2.39. The van der Waals surface area contributed by atoms with Crippen molar-refractivity contribution in [2.45, 2.75) is 12.2 Å². The normalized spacial score (nSPS) is 21.9. The molecule has 0 amide bonds. The second-order valence-electron chi connectivity index (χ2n) is 5.97. The number of hydrogen-bond donors (Lipinski definition) is 0. The fourth-order valence-electron chi connectivity index (χ4n) is 3.14. The number of hydrogen-bond acceptors (Lipinski definition) is 2. The third-order valence-corrected chi connectivity index (χ3v) is 5.37. The van der Waals surface area contributed by atoms with Crippen molar-refractivity contribution in [3.8, 4) is 0 Å². The number of nitrogens with zero attached hydrogens (tertiary/aromatic N) is 1. The van der Waals surface area contributed by atoms with Crippen molar-refractivity contribution in [3.05, 3.63) is 95.6 Å². The molecule has 1 aliphatic heterocycles. The van der Waals surface area contributed by atoms with E-state index in [9.17, 15) is 0 Å². The molecule has 1 heterocycles. The fraction of sp³-hybridized carbons (Fsp3) is 0.143. The predicted octanol–water partition coefficient (Wildman–Crippen LogP) is 5.83. The van der Waals surface area contributed by atoms with Gasteiger partial charge in [-0.25, -0.2) is 0 Å². The molecule has 0 spiro atoms. The molecule has 2 aromatic carbocycles. The molecule has 0 N–H and O–H groups in total. The number of allylic oxidation sites excluding steroid dienone is 3. The SMILES string of the molecule is Cc1cccc(N(C2=CC3C=CSC3C=C2)c2ccccc2)c1. The molecular formula is C21H19NS. The lowest BCUT2D eigenvalue weighted by atomic mass is 9.98. The van der Waals surface area contributed by atoms with Crippen LogP contribution in [0.25, 0.3) is 0 Å². The van der Waals surface area contributed by atoms with Crippen molar-refractivity contribution in [1.29, 1.82) is 0 Å². The van der Waals surface area contributed by atoms with Gasteiger partial charge >= 0.3 is 0 Å². The molecule has 114 valence electrons. The molecule has 0 saturated heterocycles. The van der Waals surface area contributed by atoms with Gasteiger partial charge in [0.05, 0.1) is 0 Å². The van der Waals surface area contributed by atoms with Crippen LogP contribution in [0.2, 0.25) is 0 Å². The van der Waals surface area contributed by atoms with Crippen LogP contribution in [-0.2, 0) is 0 Å². The van der Waals surface area contributed by atoms with Crippen LogP contribution in [0.1, 0.15) is 5.56 Å². The molecule has 2 aromatic rings. The summed E-state index contributed by atoms with van der Waals surface area (Å²) in [5.74, 6) is 0.496. The Balaban J connectivity index is 1.80. The number of para-hydroxylation sites is 1. The molecule has 0 saturated carbocycles. The maximum atomic E-state index is 2.39. The summed E-state index contributed by atoms with van der Waals surface area (Å²) in [5, 5.41) is 2.78. The van der Waals surface area contributed by atoms with E-state index in [-0.39, 0.29) is 0 Å². The van der Waals surface area contributed by atoms with Crippen molar-refractivity contribution < 1.29 is 0 Å². The molecule has 4 rings (SSSR count). The lowest BCUT2D eigenvalue weighted by molar-refractivity contribution is 0.839. The molecule has 1 nitrogen and oxygen atoms in total. The van der Waals surface area contributed by atoms with Gasteiger partial charge in [0.1, 0.15) is 0 Å². The third-order valence-electron chi connectivity index (χ3n) is 4.27. The minimum absolute atomic E-state index is 0.496. The van der Waals surface area contributed by atoms with Crippen LogP contribution in [0.3, 0.4) is 0 Å². The van der Waals surface area contributed by atoms with Crippen molar-refractivity contribution in [2.75, 3.05) is 4.90 Å². The first-order valence-electron chi connectivity index (χ1n) is 7.95. The number of fused-ring (bicyclic) bond motifs is 1. The Hall–Kier alpha value is -2.19. The van der Waals surface area contributed by atoms with Crippen molar-refractivity contribution >= 4 is 23.1 Å². The molecule has 0 radical (unpaired) electrons. The van der Waals surface area contributed by atoms with E-state index in [1.165, 1.54) is 22.6 Å². The van der Waals surface area contributed by atoms with Crippen molar-refractivity contribution in [3.63, 3.8) is 0 Å². The first kappa shape index (κ1) is 14.4. The van der Waals surface area contributed by atoms with E-state index in [1.54, 1.807) is 0 Å². The van der Waals surface area contributed by atoms with Gasteiger partial charge in [0.15, 0.2) is 0 Å². The van der Waals surface area contributed by atoms with Crippen molar-refractivity contribution in [1.82, 2.24) is 0 Å². The van der Waals surface area contributed by atoms with Gasteiger partial charge in [0, 0.05) is 28.2 Å².